The van der Waals surface area contributed by atoms with Crippen molar-refractivity contribution >= 4 is 5.91 Å². The van der Waals surface area contributed by atoms with Crippen LogP contribution in [0.15, 0.2) is 0 Å². The number of hydrogen-bond acceptors (Lipinski definition) is 3. The molecule has 1 saturated heterocycles. The summed E-state index contributed by atoms with van der Waals surface area (Å²) < 4.78 is 0. The summed E-state index contributed by atoms with van der Waals surface area (Å²) in [7, 11) is 0. The van der Waals surface area contributed by atoms with Gasteiger partial charge in [0.05, 0.1) is 6.10 Å². The lowest BCUT2D eigenvalue weighted by Crippen LogP contribution is -2.47. The molecule has 1 rings (SSSR count). The molecule has 0 radical (unpaired) electrons. The van der Waals surface area contributed by atoms with Crippen molar-refractivity contribution in [2.75, 3.05) is 19.6 Å². The van der Waals surface area contributed by atoms with Crippen LogP contribution in [0.2, 0.25) is 0 Å². The number of aliphatic hydroxyl groups is 1. The molecule has 0 saturated carbocycles. The van der Waals surface area contributed by atoms with Gasteiger partial charge >= 0.3 is 0 Å². The van der Waals surface area contributed by atoms with E-state index in [1.165, 1.54) is 0 Å². The molecule has 1 atom stereocenters. The Morgan fingerprint density at radius 1 is 1.57 bits per heavy atom. The van der Waals surface area contributed by atoms with Gasteiger partial charge in [0, 0.05) is 12.0 Å². The van der Waals surface area contributed by atoms with Crippen molar-refractivity contribution in [1.82, 2.24) is 10.6 Å². The molecular weight excluding hydrogens is 180 g/mol. The fourth-order valence-electron chi connectivity index (χ4n) is 1.66. The molecule has 1 aliphatic rings. The minimum atomic E-state index is -0.468. The number of nitrogens with one attached hydrogen (secondary N) is 2. The smallest absolute Gasteiger partial charge is 0.226 e. The number of amides is 1. The summed E-state index contributed by atoms with van der Waals surface area (Å²) in [6.07, 6.45) is 1.28. The minimum absolute atomic E-state index is 0.0694. The van der Waals surface area contributed by atoms with Crippen molar-refractivity contribution in [1.29, 1.82) is 0 Å². The van der Waals surface area contributed by atoms with Crippen molar-refractivity contribution in [2.24, 2.45) is 5.41 Å². The Hall–Kier alpha value is -0.610. The lowest BCUT2D eigenvalue weighted by Gasteiger charge is -2.32. The minimum Gasteiger partial charge on any atom is -0.392 e. The van der Waals surface area contributed by atoms with Gasteiger partial charge in [-0.15, -0.1) is 0 Å². The summed E-state index contributed by atoms with van der Waals surface area (Å²) >= 11 is 0. The second-order valence-corrected chi connectivity index (χ2v) is 4.37. The Bertz CT molecular complexity index is 198. The monoisotopic (exact) mass is 200 g/mol. The van der Waals surface area contributed by atoms with Crippen LogP contribution in [0.4, 0.5) is 0 Å². The first-order valence-corrected chi connectivity index (χ1v) is 5.22. The van der Waals surface area contributed by atoms with Crippen LogP contribution in [-0.4, -0.2) is 36.8 Å². The van der Waals surface area contributed by atoms with Crippen molar-refractivity contribution in [3.8, 4) is 0 Å². The molecule has 3 N–H and O–H groups in total. The lowest BCUT2D eigenvalue weighted by atomic mass is 9.80. The van der Waals surface area contributed by atoms with Gasteiger partial charge in [-0.25, -0.2) is 0 Å². The van der Waals surface area contributed by atoms with E-state index in [-0.39, 0.29) is 11.3 Å². The molecule has 0 spiro atoms. The molecular formula is C10H20N2O2. The van der Waals surface area contributed by atoms with Gasteiger partial charge in [-0.3, -0.25) is 4.79 Å². The van der Waals surface area contributed by atoms with Gasteiger partial charge in [-0.2, -0.15) is 0 Å². The number of hydrogen-bond donors (Lipinski definition) is 3. The molecule has 0 aromatic heterocycles. The standard InChI is InChI=1S/C10H20N2O2/c1-8(13)7-12-9(14)10(2)3-5-11-6-4-10/h8,11,13H,3-7H2,1-2H3,(H,12,14). The van der Waals surface area contributed by atoms with Crippen molar-refractivity contribution < 1.29 is 9.90 Å². The van der Waals surface area contributed by atoms with Crippen LogP contribution in [0.25, 0.3) is 0 Å². The van der Waals surface area contributed by atoms with E-state index >= 15 is 0 Å². The largest absolute Gasteiger partial charge is 0.392 e. The summed E-state index contributed by atoms with van der Waals surface area (Å²) in [6, 6.07) is 0. The third-order valence-electron chi connectivity index (χ3n) is 2.81. The van der Waals surface area contributed by atoms with Gasteiger partial charge < -0.3 is 15.7 Å². The fourth-order valence-corrected chi connectivity index (χ4v) is 1.66. The van der Waals surface area contributed by atoms with Crippen molar-refractivity contribution in [3.63, 3.8) is 0 Å². The predicted octanol–water partition coefficient (Wildman–Crippen LogP) is -0.127. The maximum absolute atomic E-state index is 11.8. The summed E-state index contributed by atoms with van der Waals surface area (Å²) in [5, 5.41) is 15.1. The van der Waals surface area contributed by atoms with Crippen LogP contribution in [0.1, 0.15) is 26.7 Å². The van der Waals surface area contributed by atoms with E-state index < -0.39 is 6.10 Å². The van der Waals surface area contributed by atoms with Gasteiger partial charge in [0.25, 0.3) is 0 Å². The van der Waals surface area contributed by atoms with Crippen LogP contribution in [0.5, 0.6) is 0 Å². The third-order valence-corrected chi connectivity index (χ3v) is 2.81. The Morgan fingerprint density at radius 2 is 2.14 bits per heavy atom. The van der Waals surface area contributed by atoms with Crippen molar-refractivity contribution in [2.45, 2.75) is 32.8 Å². The maximum atomic E-state index is 11.8. The van der Waals surface area contributed by atoms with Gasteiger partial charge in [0.15, 0.2) is 0 Å². The summed E-state index contributed by atoms with van der Waals surface area (Å²) in [6.45, 7) is 5.81. The topological polar surface area (TPSA) is 61.4 Å². The fraction of sp³-hybridized carbons (Fsp3) is 0.900. The quantitative estimate of drug-likeness (QED) is 0.595. The zero-order valence-corrected chi connectivity index (χ0v) is 8.97. The first kappa shape index (κ1) is 11.5. The highest BCUT2D eigenvalue weighted by molar-refractivity contribution is 5.82. The molecule has 4 heteroatoms. The predicted molar refractivity (Wildman–Crippen MR) is 54.9 cm³/mol. The molecule has 14 heavy (non-hydrogen) atoms. The first-order valence-electron chi connectivity index (χ1n) is 5.22. The highest BCUT2D eigenvalue weighted by Gasteiger charge is 2.34. The Balaban J connectivity index is 2.41. The number of aliphatic hydroxyl groups excluding tert-OH is 1. The summed E-state index contributed by atoms with van der Waals surface area (Å²) in [4.78, 5) is 11.8. The molecule has 1 heterocycles. The van der Waals surface area contributed by atoms with Gasteiger partial charge in [-0.1, -0.05) is 6.92 Å². The highest BCUT2D eigenvalue weighted by atomic mass is 16.3. The number of carbonyl (C=O) groups excluding carboxylic acids is 1. The van der Waals surface area contributed by atoms with E-state index in [1.54, 1.807) is 6.92 Å². The van der Waals surface area contributed by atoms with Crippen LogP contribution in [-0.2, 0) is 4.79 Å². The average Bonchev–Trinajstić information content (AvgIpc) is 2.15. The molecule has 0 aromatic carbocycles. The van der Waals surface area contributed by atoms with E-state index in [1.807, 2.05) is 6.92 Å². The molecule has 1 unspecified atom stereocenters. The maximum Gasteiger partial charge on any atom is 0.226 e. The van der Waals surface area contributed by atoms with Crippen LogP contribution in [0.3, 0.4) is 0 Å². The first-order chi connectivity index (χ1) is 6.54. The second kappa shape index (κ2) is 4.75. The molecule has 1 fully saturated rings. The Labute approximate surface area is 85.1 Å². The van der Waals surface area contributed by atoms with Crippen LogP contribution >= 0.6 is 0 Å². The number of rotatable bonds is 3. The zero-order valence-electron chi connectivity index (χ0n) is 8.97. The molecule has 0 aromatic rings. The molecule has 1 amide bonds. The van der Waals surface area contributed by atoms with E-state index in [9.17, 15) is 4.79 Å². The molecule has 1 aliphatic heterocycles. The zero-order chi connectivity index (χ0) is 10.6. The van der Waals surface area contributed by atoms with E-state index in [2.05, 4.69) is 10.6 Å². The second-order valence-electron chi connectivity index (χ2n) is 4.37. The molecule has 0 aliphatic carbocycles. The lowest BCUT2D eigenvalue weighted by molar-refractivity contribution is -0.132. The van der Waals surface area contributed by atoms with Crippen LogP contribution < -0.4 is 10.6 Å². The van der Waals surface area contributed by atoms with E-state index in [4.69, 9.17) is 5.11 Å². The van der Waals surface area contributed by atoms with Gasteiger partial charge in [0.2, 0.25) is 5.91 Å². The van der Waals surface area contributed by atoms with Crippen molar-refractivity contribution in [3.05, 3.63) is 0 Å². The number of piperidine rings is 1. The molecule has 0 bridgehead atoms. The van der Waals surface area contributed by atoms with Crippen LogP contribution in [0, 0.1) is 5.41 Å². The average molecular weight is 200 g/mol. The SMILES string of the molecule is CC(O)CNC(=O)C1(C)CCNCC1. The Kier molecular flexibility index (Phi) is 3.89. The van der Waals surface area contributed by atoms with E-state index in [0.29, 0.717) is 6.54 Å². The van der Waals surface area contributed by atoms with Gasteiger partial charge in [-0.05, 0) is 32.9 Å². The summed E-state index contributed by atoms with van der Waals surface area (Å²) in [5.41, 5.74) is -0.250. The highest BCUT2D eigenvalue weighted by Crippen LogP contribution is 2.27. The Morgan fingerprint density at radius 3 is 2.64 bits per heavy atom. The molecule has 4 nitrogen and oxygen atoms in total. The van der Waals surface area contributed by atoms with E-state index in [0.717, 1.165) is 25.9 Å². The summed E-state index contributed by atoms with van der Waals surface area (Å²) in [5.74, 6) is 0.0694. The normalized spacial score (nSPS) is 22.8. The molecule has 82 valence electrons. The van der Waals surface area contributed by atoms with Gasteiger partial charge in [0.1, 0.15) is 0 Å². The number of carbonyl (C=O) groups is 1. The third kappa shape index (κ3) is 2.96.